The minimum Gasteiger partial charge on any atom is -0.368 e. The van der Waals surface area contributed by atoms with Crippen molar-refractivity contribution in [1.82, 2.24) is 14.9 Å². The van der Waals surface area contributed by atoms with E-state index in [0.717, 1.165) is 23.5 Å². The summed E-state index contributed by atoms with van der Waals surface area (Å²) >= 11 is 0. The van der Waals surface area contributed by atoms with Gasteiger partial charge in [-0.3, -0.25) is 4.99 Å². The van der Waals surface area contributed by atoms with E-state index < -0.39 is 10.0 Å². The number of halogens is 2. The van der Waals surface area contributed by atoms with Gasteiger partial charge in [-0.05, 0) is 53.6 Å². The molecule has 2 aliphatic heterocycles. The largest absolute Gasteiger partial charge is 0.368 e. The van der Waals surface area contributed by atoms with Crippen molar-refractivity contribution in [2.24, 2.45) is 4.99 Å². The molecule has 2 N–H and O–H groups in total. The van der Waals surface area contributed by atoms with E-state index in [1.165, 1.54) is 12.1 Å². The molecular formula is C25H34ClFN4O2S. The molecule has 0 bridgehead atoms. The van der Waals surface area contributed by atoms with E-state index in [0.29, 0.717) is 43.9 Å². The second kappa shape index (κ2) is 10.3. The molecule has 2 aromatic rings. The predicted octanol–water partition coefficient (Wildman–Crippen LogP) is 3.86. The lowest BCUT2D eigenvalue weighted by atomic mass is 9.85. The Hall–Kier alpha value is -2.00. The van der Waals surface area contributed by atoms with Gasteiger partial charge < -0.3 is 10.6 Å². The van der Waals surface area contributed by atoms with Crippen molar-refractivity contribution in [3.05, 3.63) is 65.5 Å². The third kappa shape index (κ3) is 5.62. The molecule has 1 fully saturated rings. The second-order valence-electron chi connectivity index (χ2n) is 9.90. The molecule has 0 aliphatic carbocycles. The third-order valence-electron chi connectivity index (χ3n) is 6.58. The maximum Gasteiger partial charge on any atom is 0.243 e. The Morgan fingerprint density at radius 3 is 2.41 bits per heavy atom. The van der Waals surface area contributed by atoms with Crippen LogP contribution in [0.25, 0.3) is 0 Å². The lowest BCUT2D eigenvalue weighted by molar-refractivity contribution is 0.241. The van der Waals surface area contributed by atoms with E-state index in [4.69, 9.17) is 4.99 Å². The monoisotopic (exact) mass is 508 g/mol. The number of aliphatic imine (C=N–C) groups is 1. The standard InChI is InChI=1S/C25H33FN4O2S.ClH/c1-24(2,3)20-7-9-22(10-8-20)33(31,32)30-15-11-25(12-16-30)23(27-13-14-29-25)28-18-19-5-4-6-21(26)17-19;/h4-10,17,29H,11-16,18H2,1-3H3,(H,27,28);1H. The number of benzene rings is 2. The van der Waals surface area contributed by atoms with E-state index >= 15 is 0 Å². The highest BCUT2D eigenvalue weighted by Gasteiger charge is 2.43. The Labute approximate surface area is 208 Å². The minimum absolute atomic E-state index is 0. The van der Waals surface area contributed by atoms with Gasteiger partial charge in [0.25, 0.3) is 0 Å². The van der Waals surface area contributed by atoms with Crippen molar-refractivity contribution >= 4 is 28.3 Å². The molecule has 2 heterocycles. The summed E-state index contributed by atoms with van der Waals surface area (Å²) in [5.74, 6) is 0.575. The van der Waals surface area contributed by atoms with Gasteiger partial charge in [0.1, 0.15) is 11.7 Å². The summed E-state index contributed by atoms with van der Waals surface area (Å²) in [6, 6.07) is 13.7. The molecule has 0 saturated carbocycles. The van der Waals surface area contributed by atoms with Crippen LogP contribution >= 0.6 is 12.4 Å². The van der Waals surface area contributed by atoms with Gasteiger partial charge in [0, 0.05) is 26.2 Å². The number of hydrogen-bond acceptors (Lipinski definition) is 5. The SMILES string of the molecule is CC(C)(C)c1ccc(S(=O)(=O)N2CCC3(CC2)NCCN=C3NCc2cccc(F)c2)cc1.Cl. The van der Waals surface area contributed by atoms with Crippen LogP contribution in [0, 0.1) is 5.82 Å². The highest BCUT2D eigenvalue weighted by molar-refractivity contribution is 7.89. The first-order valence-electron chi connectivity index (χ1n) is 11.5. The van der Waals surface area contributed by atoms with Gasteiger partial charge in [0.15, 0.2) is 0 Å². The zero-order valence-electron chi connectivity index (χ0n) is 20.0. The Morgan fingerprint density at radius 2 is 1.79 bits per heavy atom. The van der Waals surface area contributed by atoms with Crippen LogP contribution < -0.4 is 10.6 Å². The summed E-state index contributed by atoms with van der Waals surface area (Å²) < 4.78 is 41.6. The molecule has 0 unspecified atom stereocenters. The van der Waals surface area contributed by atoms with Crippen molar-refractivity contribution in [1.29, 1.82) is 0 Å². The highest BCUT2D eigenvalue weighted by Crippen LogP contribution is 2.30. The Balaban J connectivity index is 0.00000324. The topological polar surface area (TPSA) is 73.8 Å². The van der Waals surface area contributed by atoms with Gasteiger partial charge in [-0.1, -0.05) is 45.0 Å². The highest BCUT2D eigenvalue weighted by atomic mass is 35.5. The molecule has 9 heteroatoms. The fourth-order valence-electron chi connectivity index (χ4n) is 4.55. The van der Waals surface area contributed by atoms with Crippen molar-refractivity contribution in [2.75, 3.05) is 26.2 Å². The van der Waals surface area contributed by atoms with Crippen molar-refractivity contribution < 1.29 is 12.8 Å². The van der Waals surface area contributed by atoms with Crippen LogP contribution in [-0.4, -0.2) is 50.3 Å². The molecule has 34 heavy (non-hydrogen) atoms. The van der Waals surface area contributed by atoms with Gasteiger partial charge in [0.2, 0.25) is 10.0 Å². The second-order valence-corrected chi connectivity index (χ2v) is 11.8. The zero-order chi connectivity index (χ0) is 23.7. The molecular weight excluding hydrogens is 475 g/mol. The van der Waals surface area contributed by atoms with Crippen LogP contribution in [0.2, 0.25) is 0 Å². The number of amidine groups is 1. The molecule has 2 aliphatic rings. The Morgan fingerprint density at radius 1 is 1.12 bits per heavy atom. The fourth-order valence-corrected chi connectivity index (χ4v) is 6.00. The van der Waals surface area contributed by atoms with Crippen molar-refractivity contribution in [3.8, 4) is 0 Å². The van der Waals surface area contributed by atoms with Gasteiger partial charge in [0.05, 0.1) is 17.0 Å². The van der Waals surface area contributed by atoms with E-state index in [1.807, 2.05) is 18.2 Å². The molecule has 1 spiro atoms. The van der Waals surface area contributed by atoms with E-state index in [-0.39, 0.29) is 29.2 Å². The van der Waals surface area contributed by atoms with Gasteiger partial charge in [-0.15, -0.1) is 12.4 Å². The smallest absolute Gasteiger partial charge is 0.243 e. The van der Waals surface area contributed by atoms with Gasteiger partial charge in [-0.2, -0.15) is 4.31 Å². The Kier molecular flexibility index (Phi) is 8.07. The third-order valence-corrected chi connectivity index (χ3v) is 8.49. The maximum atomic E-state index is 13.5. The number of sulfonamides is 1. The number of rotatable bonds is 4. The van der Waals surface area contributed by atoms with Crippen molar-refractivity contribution in [2.45, 2.75) is 56.0 Å². The number of hydrogen-bond donors (Lipinski definition) is 2. The number of piperidine rings is 1. The van der Waals surface area contributed by atoms with Crippen LogP contribution in [0.15, 0.2) is 58.4 Å². The first-order valence-corrected chi connectivity index (χ1v) is 12.9. The molecule has 0 aromatic heterocycles. The quantitative estimate of drug-likeness (QED) is 0.657. The summed E-state index contributed by atoms with van der Waals surface area (Å²) in [5.41, 5.74) is 1.54. The molecule has 0 amide bonds. The summed E-state index contributed by atoms with van der Waals surface area (Å²) in [4.78, 5) is 5.04. The molecule has 0 atom stereocenters. The minimum atomic E-state index is -3.55. The molecule has 186 valence electrons. The van der Waals surface area contributed by atoms with Crippen molar-refractivity contribution in [3.63, 3.8) is 0 Å². The summed E-state index contributed by atoms with van der Waals surface area (Å²) in [5, 5.41) is 6.96. The summed E-state index contributed by atoms with van der Waals surface area (Å²) in [6.07, 6.45) is 1.25. The summed E-state index contributed by atoms with van der Waals surface area (Å²) in [6.45, 7) is 9.05. The van der Waals surface area contributed by atoms with Crippen LogP contribution in [-0.2, 0) is 22.0 Å². The first-order chi connectivity index (χ1) is 15.6. The maximum absolute atomic E-state index is 13.5. The Bertz CT molecular complexity index is 1120. The number of nitrogens with one attached hydrogen (secondary N) is 2. The lowest BCUT2D eigenvalue weighted by Gasteiger charge is -2.44. The van der Waals surface area contributed by atoms with Crippen LogP contribution in [0.4, 0.5) is 4.39 Å². The number of nitrogens with zero attached hydrogens (tertiary/aromatic N) is 2. The van der Waals surface area contributed by atoms with Crippen LogP contribution in [0.5, 0.6) is 0 Å². The molecule has 0 radical (unpaired) electrons. The zero-order valence-corrected chi connectivity index (χ0v) is 21.6. The fraction of sp³-hybridized carbons (Fsp3) is 0.480. The van der Waals surface area contributed by atoms with Crippen LogP contribution in [0.3, 0.4) is 0 Å². The summed E-state index contributed by atoms with van der Waals surface area (Å²) in [7, 11) is -3.55. The van der Waals surface area contributed by atoms with Crippen LogP contribution in [0.1, 0.15) is 44.7 Å². The van der Waals surface area contributed by atoms with Gasteiger partial charge >= 0.3 is 0 Å². The van der Waals surface area contributed by atoms with E-state index in [2.05, 4.69) is 31.4 Å². The van der Waals surface area contributed by atoms with Gasteiger partial charge in [-0.25, -0.2) is 12.8 Å². The molecule has 2 aromatic carbocycles. The lowest BCUT2D eigenvalue weighted by Crippen LogP contribution is -2.64. The molecule has 4 rings (SSSR count). The normalized spacial score (nSPS) is 18.8. The molecule has 1 saturated heterocycles. The predicted molar refractivity (Wildman–Crippen MR) is 137 cm³/mol. The van der Waals surface area contributed by atoms with E-state index in [1.54, 1.807) is 22.5 Å². The average Bonchev–Trinajstić information content (AvgIpc) is 2.78. The average molecular weight is 509 g/mol. The van der Waals surface area contributed by atoms with E-state index in [9.17, 15) is 12.8 Å². The molecule has 6 nitrogen and oxygen atoms in total. The first kappa shape index (κ1) is 26.6.